The molecule has 192 valence electrons. The topological polar surface area (TPSA) is 161 Å². The van der Waals surface area contributed by atoms with Crippen LogP contribution in [-0.4, -0.2) is 43.0 Å². The fourth-order valence-electron chi connectivity index (χ4n) is 3.97. The van der Waals surface area contributed by atoms with Crippen molar-refractivity contribution in [1.29, 1.82) is 0 Å². The third kappa shape index (κ3) is 7.15. The summed E-state index contributed by atoms with van der Waals surface area (Å²) < 4.78 is 11.4. The number of hydrogen-bond donors (Lipinski definition) is 5. The minimum Gasteiger partial charge on any atom is -0.480 e. The van der Waals surface area contributed by atoms with Crippen LogP contribution in [0.3, 0.4) is 0 Å². The van der Waals surface area contributed by atoms with E-state index in [2.05, 4.69) is 5.32 Å². The highest BCUT2D eigenvalue weighted by molar-refractivity contribution is 7.54. The maximum Gasteiger partial charge on any atom is 0.343 e. The molecule has 0 aliphatic rings. The fraction of sp³-hybridized carbons (Fsp3) is 0.375. The Hall–Kier alpha value is -2.71. The summed E-state index contributed by atoms with van der Waals surface area (Å²) in [6, 6.07) is 11.1. The molecule has 35 heavy (non-hydrogen) atoms. The van der Waals surface area contributed by atoms with Gasteiger partial charge in [-0.2, -0.15) is 0 Å². The molecule has 0 spiro atoms. The van der Waals surface area contributed by atoms with Crippen LogP contribution in [0.15, 0.2) is 42.5 Å². The molecule has 2 aromatic rings. The summed E-state index contributed by atoms with van der Waals surface area (Å²) in [7, 11) is -4.65. The van der Waals surface area contributed by atoms with E-state index in [-0.39, 0.29) is 17.5 Å². The Kier molecular flexibility index (Phi) is 11.1. The van der Waals surface area contributed by atoms with Gasteiger partial charge in [0.05, 0.1) is 11.1 Å². The second-order valence-corrected chi connectivity index (χ2v) is 10.2. The van der Waals surface area contributed by atoms with Crippen molar-refractivity contribution in [3.63, 3.8) is 0 Å². The molecule has 2 aromatic carbocycles. The van der Waals surface area contributed by atoms with Crippen molar-refractivity contribution < 1.29 is 38.9 Å². The van der Waals surface area contributed by atoms with Crippen LogP contribution < -0.4 is 5.32 Å². The molecule has 2 rings (SSSR count). The molecule has 0 bridgehead atoms. The van der Waals surface area contributed by atoms with Crippen molar-refractivity contribution in [2.24, 2.45) is 5.92 Å². The number of benzene rings is 2. The van der Waals surface area contributed by atoms with E-state index in [0.717, 1.165) is 5.56 Å². The van der Waals surface area contributed by atoms with Crippen LogP contribution in [0.4, 0.5) is 5.69 Å². The number of nitrogens with one attached hydrogen (secondary N) is 1. The maximum absolute atomic E-state index is 12.2. The molecule has 11 heteroatoms. The largest absolute Gasteiger partial charge is 0.480 e. The van der Waals surface area contributed by atoms with Crippen LogP contribution in [-0.2, 0) is 9.36 Å². The smallest absolute Gasteiger partial charge is 0.343 e. The van der Waals surface area contributed by atoms with Crippen molar-refractivity contribution in [3.05, 3.63) is 64.2 Å². The highest BCUT2D eigenvalue weighted by Crippen LogP contribution is 2.58. The van der Waals surface area contributed by atoms with Gasteiger partial charge in [0.2, 0.25) is 0 Å². The monoisotopic (exact) mass is 527 g/mol. The van der Waals surface area contributed by atoms with Crippen molar-refractivity contribution >= 4 is 42.7 Å². The van der Waals surface area contributed by atoms with Gasteiger partial charge < -0.3 is 25.3 Å². The lowest BCUT2D eigenvalue weighted by molar-refractivity contribution is -0.142. The predicted molar refractivity (Wildman–Crippen MR) is 134 cm³/mol. The normalized spacial score (nSPS) is 12.8. The predicted octanol–water partition coefficient (Wildman–Crippen LogP) is 5.43. The third-order valence-electron chi connectivity index (χ3n) is 5.93. The maximum atomic E-state index is 12.2. The van der Waals surface area contributed by atoms with E-state index in [9.17, 15) is 28.7 Å². The minimum absolute atomic E-state index is 0.0309. The number of amides is 1. The first-order chi connectivity index (χ1) is 16.3. The molecule has 0 saturated heterocycles. The number of carbonyl (C=O) groups excluding carboxylic acids is 1. The highest BCUT2D eigenvalue weighted by atomic mass is 35.5. The first-order valence-corrected chi connectivity index (χ1v) is 12.9. The Morgan fingerprint density at radius 3 is 1.91 bits per heavy atom. The van der Waals surface area contributed by atoms with Gasteiger partial charge in [0.25, 0.3) is 5.91 Å². The van der Waals surface area contributed by atoms with E-state index < -0.39 is 36.5 Å². The number of aromatic carboxylic acids is 1. The average Bonchev–Trinajstić information content (AvgIpc) is 2.78. The standard InChI is InChI=1S/C15H12ClNO3.C9H19O5P/c1-9-8-10(16)6-7-13(9)17-14(18)11-4-2-3-5-12(11)15(19)20;1-4-7(5-2)9(6-3,8(10)11)15(12,13)14/h2-8H,1H3,(H,17,18)(H,19,20);7H,4-6H2,1-3H3,(H,10,11)(H2,12,13,14). The zero-order valence-corrected chi connectivity index (χ0v) is 21.6. The zero-order valence-electron chi connectivity index (χ0n) is 20.0. The number of hydrogen-bond acceptors (Lipinski definition) is 4. The molecule has 9 nitrogen and oxygen atoms in total. The summed E-state index contributed by atoms with van der Waals surface area (Å²) in [5.74, 6) is -3.50. The van der Waals surface area contributed by atoms with Crippen LogP contribution in [0.5, 0.6) is 0 Å². The van der Waals surface area contributed by atoms with Gasteiger partial charge in [0.1, 0.15) is 0 Å². The SMILES string of the molecule is CCC(CC)C(CC)(C(=O)O)P(=O)(O)O.Cc1cc(Cl)ccc1NC(=O)c1ccccc1C(=O)O. The number of aryl methyl sites for hydroxylation is 1. The Labute approximate surface area is 209 Å². The van der Waals surface area contributed by atoms with Crippen molar-refractivity contribution in [2.45, 2.75) is 52.1 Å². The van der Waals surface area contributed by atoms with Crippen LogP contribution in [0, 0.1) is 12.8 Å². The minimum atomic E-state index is -4.65. The van der Waals surface area contributed by atoms with Crippen LogP contribution in [0.2, 0.25) is 5.02 Å². The number of aliphatic carboxylic acids is 1. The van der Waals surface area contributed by atoms with Crippen LogP contribution in [0.1, 0.15) is 66.3 Å². The summed E-state index contributed by atoms with van der Waals surface area (Å²) >= 11 is 5.85. The van der Waals surface area contributed by atoms with Crippen molar-refractivity contribution in [2.75, 3.05) is 5.32 Å². The number of carbonyl (C=O) groups is 3. The lowest BCUT2D eigenvalue weighted by Gasteiger charge is -2.35. The number of halogens is 1. The quantitative estimate of drug-likeness (QED) is 0.269. The van der Waals surface area contributed by atoms with E-state index in [0.29, 0.717) is 23.6 Å². The molecule has 0 radical (unpaired) electrons. The molecule has 0 heterocycles. The lowest BCUT2D eigenvalue weighted by Crippen LogP contribution is -2.44. The van der Waals surface area contributed by atoms with Gasteiger partial charge in [-0.05, 0) is 55.2 Å². The lowest BCUT2D eigenvalue weighted by atomic mass is 9.85. The van der Waals surface area contributed by atoms with Gasteiger partial charge in [-0.25, -0.2) is 4.79 Å². The summed E-state index contributed by atoms with van der Waals surface area (Å²) in [4.78, 5) is 53.0. The molecule has 5 N–H and O–H groups in total. The Morgan fingerprint density at radius 1 is 1.00 bits per heavy atom. The van der Waals surface area contributed by atoms with Gasteiger partial charge in [-0.1, -0.05) is 57.3 Å². The Morgan fingerprint density at radius 2 is 1.54 bits per heavy atom. The van der Waals surface area contributed by atoms with E-state index in [1.807, 2.05) is 6.92 Å². The molecule has 1 atom stereocenters. The second-order valence-electron chi connectivity index (χ2n) is 7.90. The van der Waals surface area contributed by atoms with E-state index in [4.69, 9.17) is 21.8 Å². The molecule has 1 amide bonds. The van der Waals surface area contributed by atoms with Crippen LogP contribution >= 0.6 is 19.2 Å². The van der Waals surface area contributed by atoms with E-state index >= 15 is 0 Å². The Balaban J connectivity index is 0.000000367. The van der Waals surface area contributed by atoms with Crippen molar-refractivity contribution in [3.8, 4) is 0 Å². The first kappa shape index (κ1) is 30.3. The summed E-state index contributed by atoms with van der Waals surface area (Å²) in [6.07, 6.45) is 0.836. The number of rotatable bonds is 9. The number of anilines is 1. The van der Waals surface area contributed by atoms with Gasteiger partial charge in [0, 0.05) is 10.7 Å². The number of carboxylic acid groups (broad SMARTS) is 2. The molecular weight excluding hydrogens is 497 g/mol. The summed E-state index contributed by atoms with van der Waals surface area (Å²) in [5, 5.41) is 19.5. The molecule has 1 unspecified atom stereocenters. The molecule has 0 fully saturated rings. The van der Waals surface area contributed by atoms with E-state index in [1.54, 1.807) is 44.2 Å². The zero-order chi connectivity index (χ0) is 27.0. The Bertz CT molecular complexity index is 1110. The van der Waals surface area contributed by atoms with Crippen molar-refractivity contribution in [1.82, 2.24) is 0 Å². The van der Waals surface area contributed by atoms with Gasteiger partial charge in [0.15, 0.2) is 5.16 Å². The summed E-state index contributed by atoms with van der Waals surface area (Å²) in [6.45, 7) is 6.81. The summed E-state index contributed by atoms with van der Waals surface area (Å²) in [5.41, 5.74) is 1.49. The molecular formula is C24H31ClNO8P. The number of carboxylic acids is 2. The average molecular weight is 528 g/mol. The van der Waals surface area contributed by atoms with Crippen LogP contribution in [0.25, 0.3) is 0 Å². The highest BCUT2D eigenvalue weighted by Gasteiger charge is 2.56. The molecule has 0 aliphatic carbocycles. The third-order valence-corrected chi connectivity index (χ3v) is 8.08. The van der Waals surface area contributed by atoms with Gasteiger partial charge in [-0.3, -0.25) is 14.2 Å². The van der Waals surface area contributed by atoms with Gasteiger partial charge in [-0.15, -0.1) is 0 Å². The second kappa shape index (κ2) is 12.8. The van der Waals surface area contributed by atoms with E-state index in [1.165, 1.54) is 19.1 Å². The van der Waals surface area contributed by atoms with Gasteiger partial charge >= 0.3 is 19.5 Å². The molecule has 0 aliphatic heterocycles. The fourth-order valence-corrected chi connectivity index (χ4v) is 5.70. The first-order valence-electron chi connectivity index (χ1n) is 11.0. The molecule has 0 saturated carbocycles. The molecule has 0 aromatic heterocycles.